The van der Waals surface area contributed by atoms with Gasteiger partial charge in [0.15, 0.2) is 0 Å². The molecule has 3 heteroatoms. The monoisotopic (exact) mass is 206 g/mol. The number of hydrogen-bond donors (Lipinski definition) is 0. The number of carbonyl (C=O) groups excluding carboxylic acids is 1. The van der Waals surface area contributed by atoms with Crippen LogP contribution in [0.2, 0.25) is 0 Å². The van der Waals surface area contributed by atoms with Crippen molar-refractivity contribution in [3.8, 4) is 0 Å². The molecule has 1 unspecified atom stereocenters. The Morgan fingerprint density at radius 3 is 3.20 bits per heavy atom. The van der Waals surface area contributed by atoms with E-state index < -0.39 is 0 Å². The molecule has 1 aliphatic carbocycles. The Bertz CT molecular complexity index is 343. The predicted octanol–water partition coefficient (Wildman–Crippen LogP) is 2.52. The minimum Gasteiger partial charge on any atom is -0.300 e. The lowest BCUT2D eigenvalue weighted by Crippen LogP contribution is -2.10. The third-order valence-corrected chi connectivity index (χ3v) is 3.20. The quantitative estimate of drug-likeness (QED) is 0.697. The highest BCUT2D eigenvalue weighted by atomic mass is 16.1. The first kappa shape index (κ1) is 10.4. The highest BCUT2D eigenvalue weighted by Crippen LogP contribution is 2.29. The minimum atomic E-state index is 0.405. The summed E-state index contributed by atoms with van der Waals surface area (Å²) in [6, 6.07) is 2.06. The van der Waals surface area contributed by atoms with Gasteiger partial charge in [-0.05, 0) is 25.8 Å². The normalized spacial score (nSPS) is 22.7. The third-order valence-electron chi connectivity index (χ3n) is 3.20. The second-order valence-corrected chi connectivity index (χ2v) is 4.26. The first-order chi connectivity index (χ1) is 7.31. The van der Waals surface area contributed by atoms with Gasteiger partial charge in [0.1, 0.15) is 5.78 Å². The van der Waals surface area contributed by atoms with E-state index in [0.29, 0.717) is 18.1 Å². The summed E-state index contributed by atoms with van der Waals surface area (Å²) in [5.41, 5.74) is 1.24. The van der Waals surface area contributed by atoms with E-state index >= 15 is 0 Å². The number of aromatic nitrogens is 2. The molecule has 0 bridgehead atoms. The Morgan fingerprint density at radius 1 is 1.53 bits per heavy atom. The van der Waals surface area contributed by atoms with Crippen LogP contribution in [0.1, 0.15) is 50.6 Å². The number of rotatable bonds is 2. The van der Waals surface area contributed by atoms with E-state index in [1.54, 1.807) is 0 Å². The second-order valence-electron chi connectivity index (χ2n) is 4.26. The molecule has 0 saturated heterocycles. The molecule has 0 spiro atoms. The maximum atomic E-state index is 11.6. The van der Waals surface area contributed by atoms with Gasteiger partial charge in [0.05, 0.1) is 0 Å². The van der Waals surface area contributed by atoms with Gasteiger partial charge in [0, 0.05) is 37.2 Å². The number of nitrogens with zero attached hydrogens (tertiary/aromatic N) is 2. The van der Waals surface area contributed by atoms with E-state index in [9.17, 15) is 4.79 Å². The summed E-state index contributed by atoms with van der Waals surface area (Å²) in [4.78, 5) is 11.6. The number of hydrogen-bond acceptors (Lipinski definition) is 2. The molecule has 15 heavy (non-hydrogen) atoms. The van der Waals surface area contributed by atoms with Gasteiger partial charge in [-0.2, -0.15) is 5.10 Å². The molecule has 0 aromatic carbocycles. The van der Waals surface area contributed by atoms with Crippen LogP contribution in [-0.2, 0) is 11.3 Å². The molecule has 0 amide bonds. The van der Waals surface area contributed by atoms with Gasteiger partial charge in [-0.1, -0.05) is 6.42 Å². The number of carbonyl (C=O) groups is 1. The van der Waals surface area contributed by atoms with Gasteiger partial charge in [-0.25, -0.2) is 0 Å². The van der Waals surface area contributed by atoms with Crippen LogP contribution < -0.4 is 0 Å². The average molecular weight is 206 g/mol. The van der Waals surface area contributed by atoms with Crippen LogP contribution in [0, 0.1) is 0 Å². The van der Waals surface area contributed by atoms with Gasteiger partial charge >= 0.3 is 0 Å². The van der Waals surface area contributed by atoms with E-state index in [4.69, 9.17) is 0 Å². The van der Waals surface area contributed by atoms with Crippen molar-refractivity contribution in [3.05, 3.63) is 18.0 Å². The smallest absolute Gasteiger partial charge is 0.133 e. The summed E-state index contributed by atoms with van der Waals surface area (Å²) < 4.78 is 2.02. The standard InChI is InChI=1S/C12H18N2O/c1-2-14-12(7-8-13-14)10-5-3-4-6-11(15)9-10/h7-8,10H,2-6,9H2,1H3. The lowest BCUT2D eigenvalue weighted by atomic mass is 9.96. The Labute approximate surface area is 90.5 Å². The minimum absolute atomic E-state index is 0.405. The Kier molecular flexibility index (Phi) is 3.19. The van der Waals surface area contributed by atoms with Crippen molar-refractivity contribution in [1.29, 1.82) is 0 Å². The zero-order valence-corrected chi connectivity index (χ0v) is 9.28. The van der Waals surface area contributed by atoms with Gasteiger partial charge in [0.2, 0.25) is 0 Å². The van der Waals surface area contributed by atoms with Gasteiger partial charge in [0.25, 0.3) is 0 Å². The van der Waals surface area contributed by atoms with Crippen LogP contribution >= 0.6 is 0 Å². The summed E-state index contributed by atoms with van der Waals surface area (Å²) in [7, 11) is 0. The highest BCUT2D eigenvalue weighted by molar-refractivity contribution is 5.79. The van der Waals surface area contributed by atoms with Crippen LogP contribution in [0.25, 0.3) is 0 Å². The summed E-state index contributed by atoms with van der Waals surface area (Å²) in [5, 5.41) is 4.27. The zero-order chi connectivity index (χ0) is 10.7. The molecular formula is C12H18N2O. The number of aryl methyl sites for hydroxylation is 1. The summed E-state index contributed by atoms with van der Waals surface area (Å²) >= 11 is 0. The highest BCUT2D eigenvalue weighted by Gasteiger charge is 2.21. The summed E-state index contributed by atoms with van der Waals surface area (Å²) in [6.45, 7) is 2.99. The number of Topliss-reactive ketones (excluding diaryl/α,β-unsaturated/α-hetero) is 1. The third kappa shape index (κ3) is 2.28. The summed E-state index contributed by atoms with van der Waals surface area (Å²) in [5.74, 6) is 0.823. The lowest BCUT2D eigenvalue weighted by molar-refractivity contribution is -0.119. The van der Waals surface area contributed by atoms with Crippen molar-refractivity contribution < 1.29 is 4.79 Å². The molecule has 2 rings (SSSR count). The fraction of sp³-hybridized carbons (Fsp3) is 0.667. The average Bonchev–Trinajstić information content (AvgIpc) is 2.61. The van der Waals surface area contributed by atoms with Crippen molar-refractivity contribution in [2.45, 2.75) is 51.5 Å². The van der Waals surface area contributed by atoms with Crippen LogP contribution in [0.3, 0.4) is 0 Å². The molecule has 1 aromatic heterocycles. The molecule has 1 aromatic rings. The van der Waals surface area contributed by atoms with Crippen molar-refractivity contribution in [3.63, 3.8) is 0 Å². The maximum absolute atomic E-state index is 11.6. The number of ketones is 1. The Balaban J connectivity index is 2.17. The SMILES string of the molecule is CCn1nccc1C1CCCCC(=O)C1. The predicted molar refractivity (Wildman–Crippen MR) is 58.7 cm³/mol. The maximum Gasteiger partial charge on any atom is 0.133 e. The van der Waals surface area contributed by atoms with E-state index in [1.807, 2.05) is 10.9 Å². The second kappa shape index (κ2) is 4.60. The van der Waals surface area contributed by atoms with Gasteiger partial charge in [-0.15, -0.1) is 0 Å². The van der Waals surface area contributed by atoms with Gasteiger partial charge in [-0.3, -0.25) is 9.48 Å². The molecule has 3 nitrogen and oxygen atoms in total. The van der Waals surface area contributed by atoms with E-state index in [2.05, 4.69) is 18.1 Å². The van der Waals surface area contributed by atoms with Crippen LogP contribution in [0.5, 0.6) is 0 Å². The molecule has 0 aliphatic heterocycles. The summed E-state index contributed by atoms with van der Waals surface area (Å²) in [6.07, 6.45) is 6.70. The Morgan fingerprint density at radius 2 is 2.40 bits per heavy atom. The lowest BCUT2D eigenvalue weighted by Gasteiger charge is -2.14. The molecule has 0 N–H and O–H groups in total. The fourth-order valence-corrected chi connectivity index (χ4v) is 2.40. The van der Waals surface area contributed by atoms with Crippen LogP contribution in [0.4, 0.5) is 0 Å². The van der Waals surface area contributed by atoms with Crippen molar-refractivity contribution in [2.75, 3.05) is 0 Å². The van der Waals surface area contributed by atoms with Crippen molar-refractivity contribution in [2.24, 2.45) is 0 Å². The topological polar surface area (TPSA) is 34.9 Å². The van der Waals surface area contributed by atoms with Gasteiger partial charge < -0.3 is 0 Å². The fourth-order valence-electron chi connectivity index (χ4n) is 2.40. The molecule has 1 atom stereocenters. The van der Waals surface area contributed by atoms with Crippen LogP contribution in [0.15, 0.2) is 12.3 Å². The molecule has 1 heterocycles. The van der Waals surface area contributed by atoms with E-state index in [1.165, 1.54) is 12.1 Å². The first-order valence-corrected chi connectivity index (χ1v) is 5.84. The van der Waals surface area contributed by atoms with Crippen molar-refractivity contribution >= 4 is 5.78 Å². The van der Waals surface area contributed by atoms with E-state index in [0.717, 1.165) is 25.8 Å². The van der Waals surface area contributed by atoms with Crippen molar-refractivity contribution in [1.82, 2.24) is 9.78 Å². The van der Waals surface area contributed by atoms with E-state index in [-0.39, 0.29) is 0 Å². The molecule has 1 fully saturated rings. The molecule has 1 saturated carbocycles. The first-order valence-electron chi connectivity index (χ1n) is 5.84. The van der Waals surface area contributed by atoms with Crippen LogP contribution in [-0.4, -0.2) is 15.6 Å². The Hall–Kier alpha value is -1.12. The molecule has 0 radical (unpaired) electrons. The molecule has 82 valence electrons. The largest absolute Gasteiger partial charge is 0.300 e. The zero-order valence-electron chi connectivity index (χ0n) is 9.28. The molecular weight excluding hydrogens is 188 g/mol. The molecule has 1 aliphatic rings.